The summed E-state index contributed by atoms with van der Waals surface area (Å²) < 4.78 is 54.3. The van der Waals surface area contributed by atoms with Crippen LogP contribution < -0.4 is 25.8 Å². The van der Waals surface area contributed by atoms with Gasteiger partial charge in [-0.15, -0.1) is 0 Å². The Morgan fingerprint density at radius 2 is 1.73 bits per heavy atom. The van der Waals surface area contributed by atoms with Gasteiger partial charge in [0, 0.05) is 72.4 Å². The number of pyridine rings is 1. The monoisotopic (exact) mass is 735 g/mol. The van der Waals surface area contributed by atoms with Crippen LogP contribution in [-0.2, 0) is 23.2 Å². The summed E-state index contributed by atoms with van der Waals surface area (Å²) in [5, 5.41) is 7.04. The van der Waals surface area contributed by atoms with Crippen LogP contribution in [0.4, 0.5) is 24.5 Å². The van der Waals surface area contributed by atoms with Crippen LogP contribution in [0.1, 0.15) is 37.7 Å². The number of piperidine rings is 3. The summed E-state index contributed by atoms with van der Waals surface area (Å²) in [5.41, 5.74) is 2.92. The number of aryl methyl sites for hydroxylation is 1. The van der Waals surface area contributed by atoms with Crippen molar-refractivity contribution in [2.75, 3.05) is 43.5 Å². The number of alkyl halides is 2. The number of amides is 2. The highest BCUT2D eigenvalue weighted by Crippen LogP contribution is 2.44. The second kappa shape index (κ2) is 14.5. The summed E-state index contributed by atoms with van der Waals surface area (Å²) in [4.78, 5) is 39.9. The summed E-state index contributed by atoms with van der Waals surface area (Å²) >= 11 is 6.84. The van der Waals surface area contributed by atoms with E-state index in [1.807, 2.05) is 29.2 Å². The van der Waals surface area contributed by atoms with Crippen LogP contribution in [0.3, 0.4) is 0 Å². The van der Waals surface area contributed by atoms with E-state index in [0.29, 0.717) is 78.4 Å². The number of carbonyl (C=O) groups excluding carboxylic acids is 2. The molecule has 0 saturated carbocycles. The van der Waals surface area contributed by atoms with Gasteiger partial charge in [-0.1, -0.05) is 29.8 Å². The lowest BCUT2D eigenvalue weighted by atomic mass is 9.76. The third-order valence-electron chi connectivity index (χ3n) is 10.9. The minimum absolute atomic E-state index is 0.106. The SMILES string of the molecule is COc1cc(-c2cn(C)c(=O)c3ccccc23)cc(Cl)c1CN1CCC(C2CCN(c3ccc(NC4CCC(=O)NC4=O)cc3F)CC2)C(F)(F)C1. The Morgan fingerprint density at radius 1 is 0.981 bits per heavy atom. The molecule has 3 aliphatic rings. The largest absolute Gasteiger partial charge is 0.496 e. The van der Waals surface area contributed by atoms with Crippen LogP contribution in [0, 0.1) is 17.7 Å². The van der Waals surface area contributed by atoms with Crippen molar-refractivity contribution < 1.29 is 27.5 Å². The molecule has 4 heterocycles. The molecule has 2 N–H and O–H groups in total. The molecule has 274 valence electrons. The molecule has 2 unspecified atom stereocenters. The summed E-state index contributed by atoms with van der Waals surface area (Å²) in [5.74, 6) is -4.63. The molecular weight excluding hydrogens is 695 g/mol. The second-order valence-corrected chi connectivity index (χ2v) is 14.6. The molecule has 13 heteroatoms. The molecule has 9 nitrogen and oxygen atoms in total. The first kappa shape index (κ1) is 35.8. The number of hydrogen-bond acceptors (Lipinski definition) is 7. The first-order chi connectivity index (χ1) is 24.9. The van der Waals surface area contributed by atoms with Gasteiger partial charge < -0.3 is 19.5 Å². The van der Waals surface area contributed by atoms with E-state index in [1.165, 1.54) is 17.7 Å². The Balaban J connectivity index is 0.985. The number of imide groups is 1. The number of nitrogens with one attached hydrogen (secondary N) is 2. The maximum Gasteiger partial charge on any atom is 0.263 e. The van der Waals surface area contributed by atoms with Crippen molar-refractivity contribution in [1.29, 1.82) is 0 Å². The van der Waals surface area contributed by atoms with E-state index < -0.39 is 36.2 Å². The molecule has 0 bridgehead atoms. The standard InChI is InChI=1S/C39H41ClF3N5O4/c1-46-20-28(26-5-3-4-6-27(26)38(46)51)24-17-31(40)29(35(18-24)52-2)21-47-14-13-30(39(42,43)22-47)23-11-15-48(16-12-23)34-9-7-25(19-32(34)41)44-33-8-10-36(49)45-37(33)50/h3-7,9,17-20,23,30,33,44H,8,10-16,21-22H2,1-2H3,(H,45,49,50). The predicted molar refractivity (Wildman–Crippen MR) is 196 cm³/mol. The van der Waals surface area contributed by atoms with Crippen molar-refractivity contribution in [3.8, 4) is 16.9 Å². The highest BCUT2D eigenvalue weighted by molar-refractivity contribution is 6.32. The summed E-state index contributed by atoms with van der Waals surface area (Å²) in [6, 6.07) is 15.1. The number of nitrogens with zero attached hydrogens (tertiary/aromatic N) is 3. The van der Waals surface area contributed by atoms with Gasteiger partial charge in [0.2, 0.25) is 11.8 Å². The third-order valence-corrected chi connectivity index (χ3v) is 11.2. The topological polar surface area (TPSA) is 95.9 Å². The number of rotatable bonds is 8. The lowest BCUT2D eigenvalue weighted by Crippen LogP contribution is -2.52. The smallest absolute Gasteiger partial charge is 0.263 e. The van der Waals surface area contributed by atoms with Crippen LogP contribution in [0.25, 0.3) is 21.9 Å². The molecular formula is C39H41ClF3N5O4. The van der Waals surface area contributed by atoms with Crippen LogP contribution in [0.15, 0.2) is 65.6 Å². The Hall–Kier alpha value is -4.55. The van der Waals surface area contributed by atoms with E-state index in [4.69, 9.17) is 16.3 Å². The Morgan fingerprint density at radius 3 is 2.42 bits per heavy atom. The molecule has 2 atom stereocenters. The number of ether oxygens (including phenoxy) is 1. The fourth-order valence-corrected chi connectivity index (χ4v) is 8.41. The number of halogens is 4. The highest BCUT2D eigenvalue weighted by atomic mass is 35.5. The Bertz CT molecular complexity index is 2080. The zero-order valence-corrected chi connectivity index (χ0v) is 29.8. The van der Waals surface area contributed by atoms with E-state index in [1.54, 1.807) is 42.4 Å². The van der Waals surface area contributed by atoms with Gasteiger partial charge in [-0.25, -0.2) is 13.2 Å². The minimum Gasteiger partial charge on any atom is -0.496 e. The summed E-state index contributed by atoms with van der Waals surface area (Å²) in [7, 11) is 3.23. The molecule has 3 fully saturated rings. The van der Waals surface area contributed by atoms with Crippen LogP contribution >= 0.6 is 11.6 Å². The maximum atomic E-state index is 15.9. The van der Waals surface area contributed by atoms with Gasteiger partial charge in [-0.2, -0.15) is 0 Å². The first-order valence-corrected chi connectivity index (χ1v) is 18.0. The molecule has 0 aliphatic carbocycles. The van der Waals surface area contributed by atoms with E-state index in [0.717, 1.165) is 16.5 Å². The predicted octanol–water partition coefficient (Wildman–Crippen LogP) is 6.60. The molecule has 1 aromatic heterocycles. The summed E-state index contributed by atoms with van der Waals surface area (Å²) in [6.45, 7) is 1.19. The number of anilines is 2. The van der Waals surface area contributed by atoms with Crippen molar-refractivity contribution in [2.45, 2.75) is 50.6 Å². The fourth-order valence-electron chi connectivity index (χ4n) is 8.14. The lowest BCUT2D eigenvalue weighted by molar-refractivity contribution is -0.134. The summed E-state index contributed by atoms with van der Waals surface area (Å²) in [6.07, 6.45) is 3.69. The van der Waals surface area contributed by atoms with Crippen molar-refractivity contribution in [1.82, 2.24) is 14.8 Å². The van der Waals surface area contributed by atoms with Gasteiger partial charge in [0.25, 0.3) is 11.5 Å². The first-order valence-electron chi connectivity index (χ1n) is 17.6. The number of likely N-dealkylation sites (tertiary alicyclic amines) is 1. The third kappa shape index (κ3) is 7.10. The molecule has 3 aromatic carbocycles. The molecule has 4 aromatic rings. The number of hydrogen-bond donors (Lipinski definition) is 2. The number of methoxy groups -OCH3 is 1. The Labute approximate surface area is 304 Å². The van der Waals surface area contributed by atoms with E-state index in [-0.39, 0.29) is 30.3 Å². The number of aromatic nitrogens is 1. The fraction of sp³-hybridized carbons (Fsp3) is 0.410. The van der Waals surface area contributed by atoms with Crippen LogP contribution in [-0.4, -0.2) is 66.5 Å². The highest BCUT2D eigenvalue weighted by Gasteiger charge is 2.48. The van der Waals surface area contributed by atoms with Gasteiger partial charge >= 0.3 is 0 Å². The zero-order valence-electron chi connectivity index (χ0n) is 29.1. The van der Waals surface area contributed by atoms with Crippen LogP contribution in [0.5, 0.6) is 5.75 Å². The minimum atomic E-state index is -2.92. The van der Waals surface area contributed by atoms with Gasteiger partial charge in [0.1, 0.15) is 17.6 Å². The van der Waals surface area contributed by atoms with Crippen LogP contribution in [0.2, 0.25) is 5.02 Å². The van der Waals surface area contributed by atoms with Gasteiger partial charge in [0.05, 0.1) is 19.3 Å². The van der Waals surface area contributed by atoms with Crippen molar-refractivity contribution >= 4 is 45.6 Å². The number of fused-ring (bicyclic) bond motifs is 1. The average Bonchev–Trinajstić information content (AvgIpc) is 3.12. The van der Waals surface area contributed by atoms with E-state index in [9.17, 15) is 14.4 Å². The van der Waals surface area contributed by atoms with E-state index in [2.05, 4.69) is 10.6 Å². The molecule has 7 rings (SSSR count). The van der Waals surface area contributed by atoms with Gasteiger partial charge in [0.15, 0.2) is 0 Å². The van der Waals surface area contributed by atoms with Gasteiger partial charge in [-0.05, 0) is 85.5 Å². The molecule has 3 aliphatic heterocycles. The number of carbonyl (C=O) groups is 2. The zero-order chi connectivity index (χ0) is 36.7. The van der Waals surface area contributed by atoms with Crippen molar-refractivity contribution in [3.05, 3.63) is 87.6 Å². The lowest BCUT2D eigenvalue weighted by Gasteiger charge is -2.45. The Kier molecular flexibility index (Phi) is 9.97. The molecule has 52 heavy (non-hydrogen) atoms. The number of benzene rings is 3. The molecule has 0 spiro atoms. The molecule has 0 radical (unpaired) electrons. The average molecular weight is 736 g/mol. The van der Waals surface area contributed by atoms with Crippen molar-refractivity contribution in [2.24, 2.45) is 18.9 Å². The van der Waals surface area contributed by atoms with E-state index >= 15 is 13.2 Å². The second-order valence-electron chi connectivity index (χ2n) is 14.1. The molecule has 3 saturated heterocycles. The molecule has 2 amide bonds. The quantitative estimate of drug-likeness (QED) is 0.197. The normalized spacial score (nSPS) is 21.3. The maximum absolute atomic E-state index is 15.9. The van der Waals surface area contributed by atoms with Gasteiger partial charge in [-0.3, -0.25) is 24.6 Å². The van der Waals surface area contributed by atoms with Crippen molar-refractivity contribution in [3.63, 3.8) is 0 Å².